The number of rotatable bonds is 1. The van der Waals surface area contributed by atoms with E-state index in [4.69, 9.17) is 17.3 Å². The van der Waals surface area contributed by atoms with E-state index in [1.807, 2.05) is 0 Å². The topological polar surface area (TPSA) is 26.0 Å². The van der Waals surface area contributed by atoms with Gasteiger partial charge in [-0.05, 0) is 23.8 Å². The van der Waals surface area contributed by atoms with E-state index in [0.717, 1.165) is 6.08 Å². The largest absolute Gasteiger partial charge is 0.409 e. The summed E-state index contributed by atoms with van der Waals surface area (Å²) in [6, 6.07) is 4.32. The van der Waals surface area contributed by atoms with E-state index in [1.165, 1.54) is 18.2 Å². The minimum atomic E-state index is -4.33. The normalized spacial score (nSPS) is 12.3. The molecule has 0 bridgehead atoms. The summed E-state index contributed by atoms with van der Waals surface area (Å²) in [5, 5.41) is 0.200. The van der Waals surface area contributed by atoms with E-state index < -0.39 is 6.18 Å². The maximum Gasteiger partial charge on any atom is 0.409 e. The number of nitrogen functional groups attached to an aromatic ring is 1. The molecule has 0 fully saturated rings. The molecule has 76 valence electrons. The Morgan fingerprint density at radius 3 is 2.43 bits per heavy atom. The van der Waals surface area contributed by atoms with E-state index in [2.05, 4.69) is 0 Å². The molecule has 5 heteroatoms. The van der Waals surface area contributed by atoms with Gasteiger partial charge in [-0.25, -0.2) is 0 Å². The zero-order valence-corrected chi connectivity index (χ0v) is 7.73. The number of alkyl halides is 3. The summed E-state index contributed by atoms with van der Waals surface area (Å²) in [6.45, 7) is 0. The Morgan fingerprint density at radius 1 is 1.29 bits per heavy atom. The molecular weight excluding hydrogens is 215 g/mol. The molecule has 0 saturated heterocycles. The Bertz CT molecular complexity index is 358. The van der Waals surface area contributed by atoms with Gasteiger partial charge in [0.15, 0.2) is 0 Å². The van der Waals surface area contributed by atoms with E-state index >= 15 is 0 Å². The smallest absolute Gasteiger partial charge is 0.399 e. The van der Waals surface area contributed by atoms with Gasteiger partial charge in [-0.15, -0.1) is 0 Å². The van der Waals surface area contributed by atoms with Crippen molar-refractivity contribution in [1.82, 2.24) is 0 Å². The highest BCUT2D eigenvalue weighted by molar-refractivity contribution is 6.32. The maximum absolute atomic E-state index is 11.8. The van der Waals surface area contributed by atoms with Gasteiger partial charge in [0.05, 0.1) is 0 Å². The maximum atomic E-state index is 11.8. The van der Waals surface area contributed by atoms with Crippen molar-refractivity contribution in [3.05, 3.63) is 34.9 Å². The second kappa shape index (κ2) is 3.92. The molecule has 0 heterocycles. The highest BCUT2D eigenvalue weighted by Crippen LogP contribution is 2.23. The number of anilines is 1. The van der Waals surface area contributed by atoms with E-state index in [9.17, 15) is 13.2 Å². The fourth-order valence-corrected chi connectivity index (χ4v) is 1.11. The molecule has 0 atom stereocenters. The zero-order chi connectivity index (χ0) is 10.8. The van der Waals surface area contributed by atoms with Gasteiger partial charge in [0.2, 0.25) is 0 Å². The monoisotopic (exact) mass is 221 g/mol. The number of allylic oxidation sites excluding steroid dienone is 1. The number of hydrogen-bond donors (Lipinski definition) is 1. The van der Waals surface area contributed by atoms with Crippen LogP contribution >= 0.6 is 11.6 Å². The van der Waals surface area contributed by atoms with E-state index in [1.54, 1.807) is 0 Å². The predicted octanol–water partition coefficient (Wildman–Crippen LogP) is 3.50. The van der Waals surface area contributed by atoms with Crippen molar-refractivity contribution >= 4 is 23.4 Å². The van der Waals surface area contributed by atoms with Crippen molar-refractivity contribution < 1.29 is 13.2 Å². The number of halogens is 4. The van der Waals surface area contributed by atoms with Crippen molar-refractivity contribution in [1.29, 1.82) is 0 Å². The third kappa shape index (κ3) is 3.30. The molecule has 1 rings (SSSR count). The second-order valence-electron chi connectivity index (χ2n) is 2.66. The molecule has 0 spiro atoms. The Labute approximate surface area is 84.0 Å². The Hall–Kier alpha value is -1.16. The van der Waals surface area contributed by atoms with Crippen molar-refractivity contribution in [2.24, 2.45) is 0 Å². The van der Waals surface area contributed by atoms with Crippen LogP contribution in [0.3, 0.4) is 0 Å². The highest BCUT2D eigenvalue weighted by atomic mass is 35.5. The second-order valence-corrected chi connectivity index (χ2v) is 3.06. The first-order valence-electron chi connectivity index (χ1n) is 3.69. The van der Waals surface area contributed by atoms with Crippen LogP contribution in [0, 0.1) is 0 Å². The molecule has 0 aliphatic heterocycles. The first kappa shape index (κ1) is 10.9. The zero-order valence-electron chi connectivity index (χ0n) is 6.98. The molecule has 0 amide bonds. The van der Waals surface area contributed by atoms with Crippen molar-refractivity contribution in [2.45, 2.75) is 6.18 Å². The van der Waals surface area contributed by atoms with Crippen LogP contribution in [0.4, 0.5) is 18.9 Å². The Morgan fingerprint density at radius 2 is 1.93 bits per heavy atom. The van der Waals surface area contributed by atoms with E-state index in [0.29, 0.717) is 5.69 Å². The van der Waals surface area contributed by atoms with Crippen LogP contribution in [0.25, 0.3) is 6.08 Å². The summed E-state index contributed by atoms with van der Waals surface area (Å²) in [5.41, 5.74) is 6.08. The van der Waals surface area contributed by atoms with Gasteiger partial charge in [-0.1, -0.05) is 17.7 Å². The fourth-order valence-electron chi connectivity index (χ4n) is 0.863. The number of nitrogens with two attached hydrogens (primary N) is 1. The average molecular weight is 222 g/mol. The third-order valence-electron chi connectivity index (χ3n) is 1.48. The molecule has 1 nitrogen and oxygen atoms in total. The summed E-state index contributed by atoms with van der Waals surface area (Å²) in [5.74, 6) is 0. The van der Waals surface area contributed by atoms with Crippen LogP contribution in [0.15, 0.2) is 24.3 Å². The van der Waals surface area contributed by atoms with Crippen molar-refractivity contribution in [3.63, 3.8) is 0 Å². The quantitative estimate of drug-likeness (QED) is 0.722. The first-order chi connectivity index (χ1) is 6.38. The minimum Gasteiger partial charge on any atom is -0.399 e. The van der Waals surface area contributed by atoms with Crippen LogP contribution in [0.2, 0.25) is 5.02 Å². The van der Waals surface area contributed by atoms with Crippen molar-refractivity contribution in [2.75, 3.05) is 5.73 Å². The SMILES string of the molecule is Nc1ccc(C=CC(F)(F)F)c(Cl)c1. The van der Waals surface area contributed by atoms with Crippen LogP contribution < -0.4 is 5.73 Å². The third-order valence-corrected chi connectivity index (χ3v) is 1.80. The lowest BCUT2D eigenvalue weighted by Gasteiger charge is -2.01. The molecule has 0 unspecified atom stereocenters. The van der Waals surface area contributed by atoms with Gasteiger partial charge in [-0.3, -0.25) is 0 Å². The molecule has 1 aromatic rings. The van der Waals surface area contributed by atoms with Crippen molar-refractivity contribution in [3.8, 4) is 0 Å². The van der Waals surface area contributed by atoms with Crippen LogP contribution in [-0.2, 0) is 0 Å². The molecule has 0 aliphatic carbocycles. The van der Waals surface area contributed by atoms with Gasteiger partial charge in [0.25, 0.3) is 0 Å². The first-order valence-corrected chi connectivity index (χ1v) is 4.07. The summed E-state index contributed by atoms with van der Waals surface area (Å²) < 4.78 is 35.4. The molecule has 0 radical (unpaired) electrons. The molecule has 0 saturated carbocycles. The van der Waals surface area contributed by atoms with Crippen LogP contribution in [0.5, 0.6) is 0 Å². The molecule has 14 heavy (non-hydrogen) atoms. The summed E-state index contributed by atoms with van der Waals surface area (Å²) in [7, 11) is 0. The average Bonchev–Trinajstić information content (AvgIpc) is 2.00. The van der Waals surface area contributed by atoms with E-state index in [-0.39, 0.29) is 16.7 Å². The molecular formula is C9H7ClF3N. The van der Waals surface area contributed by atoms with Gasteiger partial charge in [-0.2, -0.15) is 13.2 Å². The summed E-state index contributed by atoms with van der Waals surface area (Å²) in [4.78, 5) is 0. The molecule has 0 aromatic heterocycles. The lowest BCUT2D eigenvalue weighted by molar-refractivity contribution is -0.0790. The minimum absolute atomic E-state index is 0.129. The highest BCUT2D eigenvalue weighted by Gasteiger charge is 2.21. The molecule has 2 N–H and O–H groups in total. The Kier molecular flexibility index (Phi) is 3.06. The van der Waals surface area contributed by atoms with Gasteiger partial charge < -0.3 is 5.73 Å². The standard InChI is InChI=1S/C9H7ClF3N/c10-8-5-7(14)2-1-6(8)3-4-9(11,12)13/h1-5H,14H2. The Balaban J connectivity index is 2.93. The van der Waals surface area contributed by atoms with Gasteiger partial charge in [0, 0.05) is 16.8 Å². The number of benzene rings is 1. The van der Waals surface area contributed by atoms with Crippen LogP contribution in [-0.4, -0.2) is 6.18 Å². The van der Waals surface area contributed by atoms with Gasteiger partial charge in [0.1, 0.15) is 0 Å². The lowest BCUT2D eigenvalue weighted by Crippen LogP contribution is -2.00. The summed E-state index contributed by atoms with van der Waals surface area (Å²) >= 11 is 5.66. The predicted molar refractivity (Wildman–Crippen MR) is 51.0 cm³/mol. The molecule has 0 aliphatic rings. The van der Waals surface area contributed by atoms with Crippen LogP contribution in [0.1, 0.15) is 5.56 Å². The number of hydrogen-bond acceptors (Lipinski definition) is 1. The fraction of sp³-hybridized carbons (Fsp3) is 0.111. The lowest BCUT2D eigenvalue weighted by atomic mass is 10.2. The molecule has 1 aromatic carbocycles. The van der Waals surface area contributed by atoms with Gasteiger partial charge >= 0.3 is 6.18 Å². The summed E-state index contributed by atoms with van der Waals surface area (Å²) in [6.07, 6.45) is -3.29.